The van der Waals surface area contributed by atoms with Crippen molar-refractivity contribution in [2.45, 2.75) is 85.1 Å². The van der Waals surface area contributed by atoms with Gasteiger partial charge in [0.05, 0.1) is 39.8 Å². The second-order valence-electron chi connectivity index (χ2n) is 19.2. The first-order chi connectivity index (χ1) is 37.4. The molecule has 0 aliphatic carbocycles. The molecule has 10 rings (SSSR count). The molecule has 1 aliphatic heterocycles. The van der Waals surface area contributed by atoms with Crippen molar-refractivity contribution in [3.8, 4) is 78.8 Å². The van der Waals surface area contributed by atoms with Crippen molar-refractivity contribution in [1.82, 2.24) is 40.8 Å². The molecule has 5 N–H and O–H groups in total. The van der Waals surface area contributed by atoms with E-state index in [-0.39, 0.29) is 6.04 Å². The fourth-order valence-corrected chi connectivity index (χ4v) is 9.31. The van der Waals surface area contributed by atoms with E-state index in [1.807, 2.05) is 84.9 Å². The van der Waals surface area contributed by atoms with E-state index in [0.717, 1.165) is 184 Å². The van der Waals surface area contributed by atoms with Crippen LogP contribution in [0.15, 0.2) is 152 Å². The number of ether oxygens (including phenoxy) is 1. The molecule has 1 atom stereocenters. The molecule has 5 heterocycles. The van der Waals surface area contributed by atoms with Crippen molar-refractivity contribution in [3.63, 3.8) is 0 Å². The highest BCUT2D eigenvalue weighted by molar-refractivity contribution is 5.92. The number of nitrogens with zero attached hydrogens (tertiary/aromatic N) is 9. The summed E-state index contributed by atoms with van der Waals surface area (Å²) in [6.45, 7) is 11.1. The van der Waals surface area contributed by atoms with Crippen molar-refractivity contribution in [1.29, 1.82) is 0 Å². The molecule has 0 radical (unpaired) electrons. The van der Waals surface area contributed by atoms with Gasteiger partial charge < -0.3 is 31.3 Å². The number of fused-ring (bicyclic) bond motifs is 2. The molecule has 1 aliphatic rings. The Bertz CT molecular complexity index is 3250. The number of nitrogens with two attached hydrogens (primary N) is 1. The third-order valence-electron chi connectivity index (χ3n) is 13.5. The molecule has 0 saturated carbocycles. The normalized spacial score (nSPS) is 12.1. The zero-order valence-electron chi connectivity index (χ0n) is 43.8. The van der Waals surface area contributed by atoms with Gasteiger partial charge in [0.2, 0.25) is 0 Å². The number of nitrogens with one attached hydrogen (secondary N) is 3. The first kappa shape index (κ1) is 50.9. The van der Waals surface area contributed by atoms with Gasteiger partial charge in [-0.3, -0.25) is 0 Å². The summed E-state index contributed by atoms with van der Waals surface area (Å²) in [6.07, 6.45) is 8.17. The standard InChI is InChI=1S/C62H65N13O/c1-5-9-29-64-60-26-23-52(68-72-60)46-34-41(33-45(37-46)51-21-22-55(71-67-51)50(63)16-8-4)43-32-44(40-49(39-43)75-56-17-12-14-19-58(56)76-59-20-15-13-18-57(59)75)42-35-47(53-24-27-61(73-69-53)65-30-10-6-2)38-48(36-42)54-25-28-62(74-70-54)66-31-11-7-3/h12-15,17-28,32-40,50H,5-11,16,29-31,63H2,1-4H3,(H,64,72)(H,65,73)(H,66,74). The molecule has 14 nitrogen and oxygen atoms in total. The van der Waals surface area contributed by atoms with Gasteiger partial charge in [-0.25, -0.2) is 0 Å². The van der Waals surface area contributed by atoms with Crippen molar-refractivity contribution in [2.24, 2.45) is 5.73 Å². The first-order valence-electron chi connectivity index (χ1n) is 26.8. The summed E-state index contributed by atoms with van der Waals surface area (Å²) in [7, 11) is 0. The molecule has 0 saturated heterocycles. The number of para-hydroxylation sites is 4. The average molecular weight is 1010 g/mol. The van der Waals surface area contributed by atoms with Crippen molar-refractivity contribution >= 4 is 34.5 Å². The van der Waals surface area contributed by atoms with E-state index < -0.39 is 0 Å². The van der Waals surface area contributed by atoms with Crippen LogP contribution < -0.4 is 31.3 Å². The first-order valence-corrected chi connectivity index (χ1v) is 26.8. The lowest BCUT2D eigenvalue weighted by molar-refractivity contribution is 0.477. The minimum Gasteiger partial charge on any atom is -0.453 e. The van der Waals surface area contributed by atoms with Crippen LogP contribution in [-0.2, 0) is 0 Å². The summed E-state index contributed by atoms with van der Waals surface area (Å²) < 4.78 is 6.55. The smallest absolute Gasteiger partial charge is 0.151 e. The lowest BCUT2D eigenvalue weighted by atomic mass is 9.91. The Labute approximate surface area is 445 Å². The van der Waals surface area contributed by atoms with Gasteiger partial charge in [-0.05, 0) is 175 Å². The highest BCUT2D eigenvalue weighted by Gasteiger charge is 2.27. The number of aromatic nitrogens is 8. The highest BCUT2D eigenvalue weighted by atomic mass is 16.5. The third-order valence-corrected chi connectivity index (χ3v) is 13.5. The summed E-state index contributed by atoms with van der Waals surface area (Å²) in [6, 6.07) is 51.9. The predicted octanol–water partition coefficient (Wildman–Crippen LogP) is 14.9. The maximum Gasteiger partial charge on any atom is 0.151 e. The molecule has 0 amide bonds. The molecule has 9 aromatic rings. The van der Waals surface area contributed by atoms with E-state index in [9.17, 15) is 0 Å². The molecular weight excluding hydrogens is 943 g/mol. The lowest BCUT2D eigenvalue weighted by Crippen LogP contribution is -2.15. The lowest BCUT2D eigenvalue weighted by Gasteiger charge is -2.33. The molecule has 0 fully saturated rings. The van der Waals surface area contributed by atoms with Gasteiger partial charge in [0.1, 0.15) is 17.5 Å². The van der Waals surface area contributed by atoms with E-state index in [1.165, 1.54) is 0 Å². The van der Waals surface area contributed by atoms with Crippen LogP contribution in [-0.4, -0.2) is 60.4 Å². The van der Waals surface area contributed by atoms with Crippen LogP contribution in [0.5, 0.6) is 11.5 Å². The van der Waals surface area contributed by atoms with Crippen LogP contribution in [0.2, 0.25) is 0 Å². The number of unbranched alkanes of at least 4 members (excludes halogenated alkanes) is 3. The van der Waals surface area contributed by atoms with Gasteiger partial charge in [0, 0.05) is 53.6 Å². The number of hydrogen-bond acceptors (Lipinski definition) is 14. The Balaban J connectivity index is 1.17. The zero-order chi connectivity index (χ0) is 52.2. The average Bonchev–Trinajstić information content (AvgIpc) is 3.54. The monoisotopic (exact) mass is 1010 g/mol. The molecule has 0 spiro atoms. The van der Waals surface area contributed by atoms with Crippen molar-refractivity contribution in [2.75, 3.05) is 40.5 Å². The molecular formula is C62H65N13O. The summed E-state index contributed by atoms with van der Waals surface area (Å²) in [5.41, 5.74) is 20.3. The van der Waals surface area contributed by atoms with E-state index in [2.05, 4.69) is 136 Å². The topological polar surface area (TPSA) is 178 Å². The van der Waals surface area contributed by atoms with Gasteiger partial charge in [0.15, 0.2) is 11.5 Å². The summed E-state index contributed by atoms with van der Waals surface area (Å²) >= 11 is 0. The second kappa shape index (κ2) is 24.2. The number of hydrogen-bond donors (Lipinski definition) is 4. The van der Waals surface area contributed by atoms with E-state index >= 15 is 0 Å². The van der Waals surface area contributed by atoms with Crippen molar-refractivity contribution in [3.05, 3.63) is 157 Å². The quantitative estimate of drug-likeness (QED) is 0.0471. The summed E-state index contributed by atoms with van der Waals surface area (Å²) in [5.74, 6) is 3.72. The van der Waals surface area contributed by atoms with E-state index in [4.69, 9.17) is 30.9 Å². The SMILES string of the molecule is CCCCNc1ccc(-c2cc(-c3cc(-c4cc(-c5ccc(NCCCC)nn5)cc(-c5ccc(C(N)CCC)nn5)c4)cc(N4c5ccccc5Oc5ccccc54)c3)cc(-c3ccc(NCCCC)nn3)c2)nn1. The summed E-state index contributed by atoms with van der Waals surface area (Å²) in [4.78, 5) is 2.28. The molecule has 1 unspecified atom stereocenters. The van der Waals surface area contributed by atoms with Gasteiger partial charge in [0.25, 0.3) is 0 Å². The number of benzene rings is 5. The van der Waals surface area contributed by atoms with Gasteiger partial charge in [-0.15, -0.1) is 30.6 Å². The Morgan fingerprint density at radius 3 is 1.14 bits per heavy atom. The zero-order valence-corrected chi connectivity index (χ0v) is 43.8. The molecule has 384 valence electrons. The largest absolute Gasteiger partial charge is 0.453 e. The number of rotatable bonds is 22. The predicted molar refractivity (Wildman–Crippen MR) is 308 cm³/mol. The molecule has 5 aromatic carbocycles. The van der Waals surface area contributed by atoms with Crippen LogP contribution >= 0.6 is 0 Å². The van der Waals surface area contributed by atoms with Crippen LogP contribution in [0.1, 0.15) is 90.8 Å². The van der Waals surface area contributed by atoms with Gasteiger partial charge >= 0.3 is 0 Å². The fraction of sp³-hybridized carbons (Fsp3) is 0.258. The molecule has 76 heavy (non-hydrogen) atoms. The maximum absolute atomic E-state index is 6.55. The number of anilines is 6. The minimum absolute atomic E-state index is 0.193. The van der Waals surface area contributed by atoms with Gasteiger partial charge in [-0.1, -0.05) is 77.6 Å². The summed E-state index contributed by atoms with van der Waals surface area (Å²) in [5, 5.41) is 47.8. The van der Waals surface area contributed by atoms with Crippen LogP contribution in [0.3, 0.4) is 0 Å². The maximum atomic E-state index is 6.55. The third kappa shape index (κ3) is 11.8. The van der Waals surface area contributed by atoms with Crippen LogP contribution in [0.25, 0.3) is 67.3 Å². The molecule has 14 heteroatoms. The molecule has 0 bridgehead atoms. The Morgan fingerprint density at radius 1 is 0.408 bits per heavy atom. The van der Waals surface area contributed by atoms with E-state index in [0.29, 0.717) is 5.69 Å². The minimum atomic E-state index is -0.193. The molecule has 4 aromatic heterocycles. The fourth-order valence-electron chi connectivity index (χ4n) is 9.31. The van der Waals surface area contributed by atoms with Crippen molar-refractivity contribution < 1.29 is 4.74 Å². The van der Waals surface area contributed by atoms with E-state index in [1.54, 1.807) is 0 Å². The van der Waals surface area contributed by atoms with Crippen LogP contribution in [0.4, 0.5) is 34.5 Å². The Morgan fingerprint density at radius 2 is 0.776 bits per heavy atom. The van der Waals surface area contributed by atoms with Gasteiger partial charge in [-0.2, -0.15) is 10.2 Å². The Hall–Kier alpha value is -8.62. The second-order valence-corrected chi connectivity index (χ2v) is 19.2. The van der Waals surface area contributed by atoms with Crippen LogP contribution in [0, 0.1) is 0 Å². The highest BCUT2D eigenvalue weighted by Crippen LogP contribution is 2.51. The Kier molecular flexibility index (Phi) is 16.2.